The van der Waals surface area contributed by atoms with Crippen LogP contribution in [0.1, 0.15) is 23.1 Å². The molecule has 160 valence electrons. The van der Waals surface area contributed by atoms with Gasteiger partial charge >= 0.3 is 6.61 Å². The van der Waals surface area contributed by atoms with Crippen molar-refractivity contribution in [2.45, 2.75) is 27.0 Å². The van der Waals surface area contributed by atoms with E-state index < -0.39 is 24.1 Å². The Labute approximate surface area is 174 Å². The Morgan fingerprint density at radius 3 is 2.77 bits per heavy atom. The van der Waals surface area contributed by atoms with Gasteiger partial charge in [0, 0.05) is 36.1 Å². The van der Waals surface area contributed by atoms with E-state index in [1.54, 1.807) is 18.5 Å². The summed E-state index contributed by atoms with van der Waals surface area (Å²) in [6.07, 6.45) is 3.30. The lowest BCUT2D eigenvalue weighted by molar-refractivity contribution is -0.0495. The molecule has 1 aromatic carbocycles. The van der Waals surface area contributed by atoms with E-state index in [1.807, 2.05) is 18.5 Å². The van der Waals surface area contributed by atoms with Crippen LogP contribution in [-0.2, 0) is 6.54 Å². The number of ether oxygens (including phenoxy) is 1. The zero-order valence-corrected chi connectivity index (χ0v) is 16.5. The highest BCUT2D eigenvalue weighted by Gasteiger charge is 2.19. The number of carbonyl (C=O) groups excluding carboxylic acids is 1. The molecule has 0 aliphatic rings. The van der Waals surface area contributed by atoms with E-state index in [-0.39, 0.29) is 11.4 Å². The zero-order valence-electron chi connectivity index (χ0n) is 16.5. The smallest absolute Gasteiger partial charge is 0.387 e. The average Bonchev–Trinajstić information content (AvgIpc) is 3.32. The van der Waals surface area contributed by atoms with E-state index in [9.17, 15) is 18.0 Å². The summed E-state index contributed by atoms with van der Waals surface area (Å²) in [5.41, 5.74) is 2.73. The van der Waals surface area contributed by atoms with Gasteiger partial charge in [0.2, 0.25) is 0 Å². The second-order valence-electron chi connectivity index (χ2n) is 6.56. The number of hydrogen-bond acceptors (Lipinski definition) is 5. The lowest BCUT2D eigenvalue weighted by atomic mass is 10.2. The van der Waals surface area contributed by atoms with Crippen LogP contribution in [0.5, 0.6) is 5.75 Å². The zero-order chi connectivity index (χ0) is 22.1. The molecule has 4 aromatic rings. The van der Waals surface area contributed by atoms with Crippen molar-refractivity contribution in [1.82, 2.24) is 24.4 Å². The number of anilines is 1. The molecular formula is C20H17F3N6O2. The molecule has 0 radical (unpaired) electrons. The van der Waals surface area contributed by atoms with Crippen LogP contribution in [0.25, 0.3) is 16.9 Å². The van der Waals surface area contributed by atoms with Crippen LogP contribution < -0.4 is 10.1 Å². The fraction of sp³-hybridized carbons (Fsp3) is 0.200. The van der Waals surface area contributed by atoms with E-state index >= 15 is 0 Å². The molecule has 0 fully saturated rings. The SMILES string of the molecule is CCn1ncc(-c2ccnc3cc(C(=O)Nc4ccc(F)cc4OC(F)F)nn23)c1C. The van der Waals surface area contributed by atoms with Gasteiger partial charge in [-0.2, -0.15) is 19.0 Å². The van der Waals surface area contributed by atoms with Gasteiger partial charge in [-0.3, -0.25) is 9.48 Å². The third kappa shape index (κ3) is 3.93. The van der Waals surface area contributed by atoms with E-state index in [1.165, 1.54) is 10.6 Å². The van der Waals surface area contributed by atoms with Crippen LogP contribution in [0.4, 0.5) is 18.9 Å². The maximum absolute atomic E-state index is 13.4. The quantitative estimate of drug-likeness (QED) is 0.501. The van der Waals surface area contributed by atoms with Gasteiger partial charge in [0.15, 0.2) is 17.1 Å². The number of nitrogens with one attached hydrogen (secondary N) is 1. The van der Waals surface area contributed by atoms with Crippen LogP contribution in [0.15, 0.2) is 42.7 Å². The van der Waals surface area contributed by atoms with Crippen molar-refractivity contribution >= 4 is 17.2 Å². The maximum atomic E-state index is 13.4. The molecule has 0 aliphatic heterocycles. The Morgan fingerprint density at radius 2 is 2.06 bits per heavy atom. The monoisotopic (exact) mass is 430 g/mol. The number of halogens is 3. The Bertz CT molecular complexity index is 1270. The van der Waals surface area contributed by atoms with Gasteiger partial charge in [0.05, 0.1) is 17.6 Å². The first-order chi connectivity index (χ1) is 14.9. The molecule has 0 bridgehead atoms. The second-order valence-corrected chi connectivity index (χ2v) is 6.56. The summed E-state index contributed by atoms with van der Waals surface area (Å²) in [6, 6.07) is 6.12. The number of rotatable bonds is 6. The van der Waals surface area contributed by atoms with Crippen molar-refractivity contribution in [3.05, 3.63) is 59.9 Å². The third-order valence-electron chi connectivity index (χ3n) is 4.68. The number of aryl methyl sites for hydroxylation is 1. The van der Waals surface area contributed by atoms with Crippen molar-refractivity contribution in [1.29, 1.82) is 0 Å². The van der Waals surface area contributed by atoms with E-state index in [4.69, 9.17) is 0 Å². The average molecular weight is 430 g/mol. The highest BCUT2D eigenvalue weighted by atomic mass is 19.3. The first-order valence-corrected chi connectivity index (χ1v) is 9.30. The van der Waals surface area contributed by atoms with Crippen LogP contribution in [0, 0.1) is 12.7 Å². The first kappa shape index (κ1) is 20.4. The molecule has 31 heavy (non-hydrogen) atoms. The molecule has 8 nitrogen and oxygen atoms in total. The van der Waals surface area contributed by atoms with Gasteiger partial charge in [-0.15, -0.1) is 0 Å². The number of fused-ring (bicyclic) bond motifs is 1. The minimum atomic E-state index is -3.17. The predicted molar refractivity (Wildman–Crippen MR) is 106 cm³/mol. The number of amides is 1. The molecule has 1 N–H and O–H groups in total. The lowest BCUT2D eigenvalue weighted by Crippen LogP contribution is -2.15. The first-order valence-electron chi connectivity index (χ1n) is 9.30. The molecule has 0 unspecified atom stereocenters. The summed E-state index contributed by atoms with van der Waals surface area (Å²) >= 11 is 0. The fourth-order valence-corrected chi connectivity index (χ4v) is 3.21. The third-order valence-corrected chi connectivity index (χ3v) is 4.68. The molecule has 1 amide bonds. The van der Waals surface area contributed by atoms with Gasteiger partial charge in [-0.25, -0.2) is 13.9 Å². The standard InChI is InChI=1S/C20H17F3N6O2/c1-3-28-11(2)13(10-25-28)16-6-7-24-18-9-15(27-29(16)18)19(30)26-14-5-4-12(21)8-17(14)31-20(22)23/h4-10,20H,3H2,1-2H3,(H,26,30). The Hall–Kier alpha value is -3.89. The van der Waals surface area contributed by atoms with Crippen molar-refractivity contribution in [2.75, 3.05) is 5.32 Å². The summed E-state index contributed by atoms with van der Waals surface area (Å²) in [4.78, 5) is 16.9. The van der Waals surface area contributed by atoms with Gasteiger partial charge in [0.1, 0.15) is 5.82 Å². The Balaban J connectivity index is 1.68. The molecule has 0 spiro atoms. The van der Waals surface area contributed by atoms with Crippen LogP contribution in [0.3, 0.4) is 0 Å². The van der Waals surface area contributed by atoms with Crippen molar-refractivity contribution in [3.63, 3.8) is 0 Å². The van der Waals surface area contributed by atoms with Gasteiger partial charge in [0.25, 0.3) is 5.91 Å². The van der Waals surface area contributed by atoms with Gasteiger partial charge in [-0.05, 0) is 32.0 Å². The van der Waals surface area contributed by atoms with Crippen LogP contribution >= 0.6 is 0 Å². The summed E-state index contributed by atoms with van der Waals surface area (Å²) in [5, 5.41) is 11.1. The van der Waals surface area contributed by atoms with Gasteiger partial charge in [-0.1, -0.05) is 0 Å². The molecule has 11 heteroatoms. The maximum Gasteiger partial charge on any atom is 0.387 e. The van der Waals surface area contributed by atoms with Crippen LogP contribution in [-0.4, -0.2) is 36.9 Å². The van der Waals surface area contributed by atoms with E-state index in [0.29, 0.717) is 17.9 Å². The van der Waals surface area contributed by atoms with E-state index in [0.717, 1.165) is 29.5 Å². The number of hydrogen-bond donors (Lipinski definition) is 1. The summed E-state index contributed by atoms with van der Waals surface area (Å²) in [5.74, 6) is -1.96. The topological polar surface area (TPSA) is 86.3 Å². The molecule has 3 heterocycles. The van der Waals surface area contributed by atoms with Gasteiger partial charge < -0.3 is 10.1 Å². The molecule has 4 rings (SSSR count). The molecule has 0 saturated heterocycles. The summed E-state index contributed by atoms with van der Waals surface area (Å²) in [6.45, 7) is 1.43. The van der Waals surface area contributed by atoms with Crippen molar-refractivity contribution in [2.24, 2.45) is 0 Å². The fourth-order valence-electron chi connectivity index (χ4n) is 3.21. The molecular weight excluding hydrogens is 413 g/mol. The number of benzene rings is 1. The highest BCUT2D eigenvalue weighted by Crippen LogP contribution is 2.28. The molecule has 0 atom stereocenters. The highest BCUT2D eigenvalue weighted by molar-refractivity contribution is 6.04. The van der Waals surface area contributed by atoms with Crippen LogP contribution in [0.2, 0.25) is 0 Å². The number of nitrogens with zero attached hydrogens (tertiary/aromatic N) is 5. The lowest BCUT2D eigenvalue weighted by Gasteiger charge is -2.11. The number of alkyl halides is 2. The second kappa shape index (κ2) is 8.09. The molecule has 0 saturated carbocycles. The predicted octanol–water partition coefficient (Wildman–Crippen LogP) is 3.91. The summed E-state index contributed by atoms with van der Waals surface area (Å²) in [7, 11) is 0. The summed E-state index contributed by atoms with van der Waals surface area (Å²) < 4.78 is 46.2. The molecule has 0 aliphatic carbocycles. The Kier molecular flexibility index (Phi) is 5.32. The van der Waals surface area contributed by atoms with Crippen molar-refractivity contribution in [3.8, 4) is 17.0 Å². The number of carbonyl (C=O) groups is 1. The van der Waals surface area contributed by atoms with E-state index in [2.05, 4.69) is 25.2 Å². The normalized spacial score (nSPS) is 11.3. The number of aromatic nitrogens is 5. The minimum Gasteiger partial charge on any atom is -0.432 e. The molecule has 3 aromatic heterocycles. The Morgan fingerprint density at radius 1 is 1.26 bits per heavy atom. The largest absolute Gasteiger partial charge is 0.432 e. The minimum absolute atomic E-state index is 0.00666. The van der Waals surface area contributed by atoms with Crippen molar-refractivity contribution < 1.29 is 22.7 Å².